The van der Waals surface area contributed by atoms with Crippen LogP contribution in [0.25, 0.3) is 0 Å². The molecule has 3 aliphatic rings. The molecule has 1 aromatic heterocycles. The molecule has 1 aromatic carbocycles. The summed E-state index contributed by atoms with van der Waals surface area (Å²) in [5, 5.41) is 6.58. The van der Waals surface area contributed by atoms with Gasteiger partial charge in [-0.1, -0.05) is 24.3 Å². The van der Waals surface area contributed by atoms with E-state index in [1.165, 1.54) is 11.1 Å². The Morgan fingerprint density at radius 1 is 1.15 bits per heavy atom. The zero-order valence-electron chi connectivity index (χ0n) is 15.4. The molecule has 0 saturated carbocycles. The van der Waals surface area contributed by atoms with Gasteiger partial charge in [-0.15, -0.1) is 0 Å². The van der Waals surface area contributed by atoms with Crippen molar-refractivity contribution in [3.63, 3.8) is 0 Å². The summed E-state index contributed by atoms with van der Waals surface area (Å²) in [5.74, 6) is 0.621. The van der Waals surface area contributed by atoms with Gasteiger partial charge in [-0.25, -0.2) is 0 Å². The number of hydrogen-bond donors (Lipinski definition) is 2. The van der Waals surface area contributed by atoms with Crippen LogP contribution >= 0.6 is 0 Å². The number of carbonyl (C=O) groups is 1. The van der Waals surface area contributed by atoms with Gasteiger partial charge in [-0.2, -0.15) is 0 Å². The van der Waals surface area contributed by atoms with E-state index < -0.39 is 0 Å². The molecular formula is C22H25N3O2. The topological polar surface area (TPSA) is 63.1 Å². The van der Waals surface area contributed by atoms with Crippen molar-refractivity contribution in [1.82, 2.24) is 15.2 Å². The number of nitrogens with one attached hydrogen (secondary N) is 2. The van der Waals surface area contributed by atoms with E-state index in [0.717, 1.165) is 44.5 Å². The number of benzene rings is 1. The van der Waals surface area contributed by atoms with Crippen molar-refractivity contribution in [2.45, 2.75) is 44.2 Å². The molecule has 2 aromatic rings. The zero-order valence-corrected chi connectivity index (χ0v) is 15.4. The third-order valence-electron chi connectivity index (χ3n) is 6.43. The molecule has 5 heteroatoms. The normalized spacial score (nSPS) is 26.0. The van der Waals surface area contributed by atoms with Crippen LogP contribution in [0, 0.1) is 5.92 Å². The smallest absolute Gasteiger partial charge is 0.263 e. The van der Waals surface area contributed by atoms with Crippen molar-refractivity contribution in [3.05, 3.63) is 69.1 Å². The number of rotatable bonds is 2. The number of fused-ring (bicyclic) bond motifs is 5. The van der Waals surface area contributed by atoms with Crippen LogP contribution in [0.4, 0.5) is 0 Å². The fourth-order valence-electron chi connectivity index (χ4n) is 5.10. The van der Waals surface area contributed by atoms with Crippen molar-refractivity contribution in [3.8, 4) is 0 Å². The Morgan fingerprint density at radius 2 is 2.04 bits per heavy atom. The highest BCUT2D eigenvalue weighted by Crippen LogP contribution is 2.32. The molecule has 2 aliphatic heterocycles. The molecule has 3 heterocycles. The first-order valence-electron chi connectivity index (χ1n) is 10.0. The maximum absolute atomic E-state index is 13.1. The highest BCUT2D eigenvalue weighted by atomic mass is 16.2. The Labute approximate surface area is 158 Å². The second-order valence-corrected chi connectivity index (χ2v) is 8.16. The molecule has 1 fully saturated rings. The first-order chi connectivity index (χ1) is 13.2. The molecule has 5 rings (SSSR count). The lowest BCUT2D eigenvalue weighted by Crippen LogP contribution is -2.46. The zero-order chi connectivity index (χ0) is 18.4. The minimum absolute atomic E-state index is 0.00790. The van der Waals surface area contributed by atoms with Gasteiger partial charge in [0, 0.05) is 24.7 Å². The first-order valence-corrected chi connectivity index (χ1v) is 10.0. The fraction of sp³-hybridized carbons (Fsp3) is 0.455. The van der Waals surface area contributed by atoms with Crippen LogP contribution < -0.4 is 16.2 Å². The molecule has 140 valence electrons. The third-order valence-corrected chi connectivity index (χ3v) is 6.43. The minimum Gasteiger partial charge on any atom is -0.345 e. The molecular weight excluding hydrogens is 338 g/mol. The number of hydrogen-bond acceptors (Lipinski definition) is 3. The lowest BCUT2D eigenvalue weighted by molar-refractivity contribution is 0.0930. The van der Waals surface area contributed by atoms with E-state index in [1.807, 2.05) is 22.8 Å². The summed E-state index contributed by atoms with van der Waals surface area (Å²) in [6.07, 6.45) is 4.17. The lowest BCUT2D eigenvalue weighted by atomic mass is 9.84. The predicted octanol–water partition coefficient (Wildman–Crippen LogP) is 2.36. The van der Waals surface area contributed by atoms with Crippen molar-refractivity contribution >= 4 is 5.91 Å². The Morgan fingerprint density at radius 3 is 2.96 bits per heavy atom. The van der Waals surface area contributed by atoms with E-state index in [4.69, 9.17) is 0 Å². The molecule has 27 heavy (non-hydrogen) atoms. The SMILES string of the molecule is O=C(N[C@H]1CCCc2ccccc21)c1ccc2n(c1=O)C[C@@H]1CNC[C@H]2C1. The predicted molar refractivity (Wildman–Crippen MR) is 104 cm³/mol. The van der Waals surface area contributed by atoms with Gasteiger partial charge in [-0.05, 0) is 61.4 Å². The summed E-state index contributed by atoms with van der Waals surface area (Å²) in [7, 11) is 0. The molecule has 3 atom stereocenters. The monoisotopic (exact) mass is 363 g/mol. The Kier molecular flexibility index (Phi) is 4.12. The van der Waals surface area contributed by atoms with Gasteiger partial charge in [-0.3, -0.25) is 9.59 Å². The standard InChI is InChI=1S/C22H25N3O2/c26-21(24-19-7-3-5-15-4-1-2-6-17(15)19)18-8-9-20-16-10-14(11-23-12-16)13-25(20)22(18)27/h1-2,4,6,8-9,14,16,19,23H,3,5,7,10-13H2,(H,24,26)/t14-,16+,19-/m0/s1. The maximum atomic E-state index is 13.1. The molecule has 1 amide bonds. The number of piperidine rings is 1. The van der Waals surface area contributed by atoms with Crippen LogP contribution in [-0.2, 0) is 13.0 Å². The van der Waals surface area contributed by atoms with Gasteiger partial charge in [0.1, 0.15) is 5.56 Å². The second-order valence-electron chi connectivity index (χ2n) is 8.16. The summed E-state index contributed by atoms with van der Waals surface area (Å²) < 4.78 is 1.85. The molecule has 2 bridgehead atoms. The number of aromatic nitrogens is 1. The highest BCUT2D eigenvalue weighted by molar-refractivity contribution is 5.94. The first kappa shape index (κ1) is 16.8. The summed E-state index contributed by atoms with van der Waals surface area (Å²) in [4.78, 5) is 26.0. The summed E-state index contributed by atoms with van der Waals surface area (Å²) in [6, 6.07) is 12.0. The molecule has 0 unspecified atom stereocenters. The lowest BCUT2D eigenvalue weighted by Gasteiger charge is -2.37. The number of pyridine rings is 1. The van der Waals surface area contributed by atoms with Gasteiger partial charge in [0.25, 0.3) is 11.5 Å². The van der Waals surface area contributed by atoms with Crippen LogP contribution in [0.15, 0.2) is 41.2 Å². The fourth-order valence-corrected chi connectivity index (χ4v) is 5.10. The van der Waals surface area contributed by atoms with Crippen LogP contribution in [0.3, 0.4) is 0 Å². The van der Waals surface area contributed by atoms with Crippen molar-refractivity contribution in [1.29, 1.82) is 0 Å². The summed E-state index contributed by atoms with van der Waals surface area (Å²) in [5.41, 5.74) is 3.70. The molecule has 0 spiro atoms. The molecule has 1 aliphatic carbocycles. The summed E-state index contributed by atoms with van der Waals surface area (Å²) in [6.45, 7) is 2.59. The van der Waals surface area contributed by atoms with E-state index in [9.17, 15) is 9.59 Å². The van der Waals surface area contributed by atoms with Gasteiger partial charge in [0.05, 0.1) is 6.04 Å². The molecule has 1 saturated heterocycles. The maximum Gasteiger partial charge on any atom is 0.263 e. The molecule has 0 radical (unpaired) electrons. The van der Waals surface area contributed by atoms with Gasteiger partial charge >= 0.3 is 0 Å². The van der Waals surface area contributed by atoms with Crippen molar-refractivity contribution in [2.24, 2.45) is 5.92 Å². The van der Waals surface area contributed by atoms with Gasteiger partial charge in [0.2, 0.25) is 0 Å². The average molecular weight is 363 g/mol. The van der Waals surface area contributed by atoms with Crippen LogP contribution in [-0.4, -0.2) is 23.6 Å². The Bertz CT molecular complexity index is 949. The number of aryl methyl sites for hydroxylation is 1. The van der Waals surface area contributed by atoms with E-state index in [-0.39, 0.29) is 23.1 Å². The number of carbonyl (C=O) groups excluding carboxylic acids is 1. The second kappa shape index (κ2) is 6.64. The van der Waals surface area contributed by atoms with E-state index in [2.05, 4.69) is 22.8 Å². The van der Waals surface area contributed by atoms with Crippen LogP contribution in [0.2, 0.25) is 0 Å². The minimum atomic E-state index is -0.245. The number of amides is 1. The van der Waals surface area contributed by atoms with E-state index in [0.29, 0.717) is 18.4 Å². The Hall–Kier alpha value is -2.40. The van der Waals surface area contributed by atoms with Crippen molar-refractivity contribution < 1.29 is 4.79 Å². The Balaban J connectivity index is 1.44. The molecule has 5 nitrogen and oxygen atoms in total. The quantitative estimate of drug-likeness (QED) is 0.861. The van der Waals surface area contributed by atoms with E-state index >= 15 is 0 Å². The van der Waals surface area contributed by atoms with Crippen molar-refractivity contribution in [2.75, 3.05) is 13.1 Å². The average Bonchev–Trinajstić information content (AvgIpc) is 2.69. The van der Waals surface area contributed by atoms with Gasteiger partial charge in [0.15, 0.2) is 0 Å². The van der Waals surface area contributed by atoms with Gasteiger partial charge < -0.3 is 15.2 Å². The van der Waals surface area contributed by atoms with Crippen LogP contribution in [0.5, 0.6) is 0 Å². The number of nitrogens with zero attached hydrogens (tertiary/aromatic N) is 1. The highest BCUT2D eigenvalue weighted by Gasteiger charge is 2.32. The van der Waals surface area contributed by atoms with Crippen LogP contribution in [0.1, 0.15) is 58.4 Å². The molecule has 2 N–H and O–H groups in total. The van der Waals surface area contributed by atoms with E-state index in [1.54, 1.807) is 6.07 Å². The summed E-state index contributed by atoms with van der Waals surface area (Å²) >= 11 is 0. The largest absolute Gasteiger partial charge is 0.345 e. The third kappa shape index (κ3) is 2.90.